The molecule has 180 valence electrons. The van der Waals surface area contributed by atoms with Crippen molar-refractivity contribution in [3.63, 3.8) is 0 Å². The molecule has 1 aromatic heterocycles. The van der Waals surface area contributed by atoms with Crippen LogP contribution in [0.2, 0.25) is 0 Å². The smallest absolute Gasteiger partial charge is 0.254 e. The highest BCUT2D eigenvalue weighted by Gasteiger charge is 2.32. The van der Waals surface area contributed by atoms with Gasteiger partial charge in [-0.3, -0.25) is 9.69 Å². The summed E-state index contributed by atoms with van der Waals surface area (Å²) in [6, 6.07) is 14.1. The number of para-hydroxylation sites is 1. The van der Waals surface area contributed by atoms with Crippen LogP contribution in [-0.4, -0.2) is 54.1 Å². The number of piperidine rings is 1. The Kier molecular flexibility index (Phi) is 7.85. The Balaban J connectivity index is 1.48. The number of hydrogen-bond donors (Lipinski definition) is 1. The van der Waals surface area contributed by atoms with Gasteiger partial charge in [-0.05, 0) is 67.4 Å². The van der Waals surface area contributed by atoms with Crippen LogP contribution in [0.5, 0.6) is 11.5 Å². The average Bonchev–Trinajstić information content (AvgIpc) is 3.40. The summed E-state index contributed by atoms with van der Waals surface area (Å²) < 4.78 is 19.7. The monoisotopic (exact) mass is 482 g/mol. The molecule has 0 bridgehead atoms. The van der Waals surface area contributed by atoms with Crippen LogP contribution in [0, 0.1) is 11.7 Å². The fraction of sp³-hybridized carbons (Fsp3) is 0.370. The topological polar surface area (TPSA) is 53.0 Å². The molecule has 0 spiro atoms. The molecule has 1 atom stereocenters. The molecule has 0 unspecified atom stereocenters. The van der Waals surface area contributed by atoms with Crippen molar-refractivity contribution in [2.24, 2.45) is 5.92 Å². The summed E-state index contributed by atoms with van der Waals surface area (Å²) in [7, 11) is 3.39. The zero-order chi connectivity index (χ0) is 24.1. The lowest BCUT2D eigenvalue weighted by molar-refractivity contribution is 0.0583. The van der Waals surface area contributed by atoms with E-state index in [-0.39, 0.29) is 29.4 Å². The molecule has 1 amide bonds. The molecule has 0 radical (unpaired) electrons. The number of rotatable bonds is 8. The third-order valence-corrected chi connectivity index (χ3v) is 7.53. The quantitative estimate of drug-likeness (QED) is 0.480. The van der Waals surface area contributed by atoms with Gasteiger partial charge in [-0.2, -0.15) is 11.3 Å². The van der Waals surface area contributed by atoms with Gasteiger partial charge in [0.2, 0.25) is 0 Å². The van der Waals surface area contributed by atoms with Crippen LogP contribution in [0.1, 0.15) is 34.3 Å². The maximum absolute atomic E-state index is 14.5. The van der Waals surface area contributed by atoms with Crippen molar-refractivity contribution in [1.82, 2.24) is 9.80 Å². The molecular formula is C27H31FN2O3S. The van der Waals surface area contributed by atoms with Crippen molar-refractivity contribution < 1.29 is 19.0 Å². The van der Waals surface area contributed by atoms with Crippen LogP contribution in [0.4, 0.5) is 4.39 Å². The average molecular weight is 483 g/mol. The Morgan fingerprint density at radius 2 is 1.91 bits per heavy atom. The third-order valence-electron chi connectivity index (χ3n) is 6.85. The van der Waals surface area contributed by atoms with E-state index in [1.807, 2.05) is 53.0 Å². The summed E-state index contributed by atoms with van der Waals surface area (Å²) in [5.41, 5.74) is 2.16. The van der Waals surface area contributed by atoms with E-state index in [0.29, 0.717) is 29.8 Å². The Bertz CT molecular complexity index is 1100. The van der Waals surface area contributed by atoms with Gasteiger partial charge in [0, 0.05) is 30.6 Å². The molecule has 1 saturated heterocycles. The Hall–Kier alpha value is -2.90. The molecule has 2 heterocycles. The zero-order valence-electron chi connectivity index (χ0n) is 19.6. The fourth-order valence-electron chi connectivity index (χ4n) is 4.85. The van der Waals surface area contributed by atoms with Crippen LogP contribution in [-0.2, 0) is 13.0 Å². The molecule has 1 N–H and O–H groups in total. The number of phenols is 1. The van der Waals surface area contributed by atoms with E-state index in [1.165, 1.54) is 17.4 Å². The lowest BCUT2D eigenvalue weighted by Gasteiger charge is -2.40. The number of aromatic hydroxyl groups is 1. The van der Waals surface area contributed by atoms with Crippen molar-refractivity contribution >= 4 is 17.2 Å². The highest BCUT2D eigenvalue weighted by atomic mass is 32.1. The van der Waals surface area contributed by atoms with Crippen LogP contribution < -0.4 is 4.74 Å². The first kappa shape index (κ1) is 24.2. The van der Waals surface area contributed by atoms with Crippen LogP contribution in [0.3, 0.4) is 0 Å². The van der Waals surface area contributed by atoms with Gasteiger partial charge in [-0.1, -0.05) is 30.3 Å². The van der Waals surface area contributed by atoms with Crippen LogP contribution in [0.25, 0.3) is 0 Å². The number of carbonyl (C=O) groups excluding carboxylic acids is 1. The number of ether oxygens (including phenoxy) is 1. The number of benzene rings is 2. The first-order chi connectivity index (χ1) is 16.5. The number of halogens is 1. The summed E-state index contributed by atoms with van der Waals surface area (Å²) >= 11 is 1.50. The number of hydrogen-bond acceptors (Lipinski definition) is 5. The molecule has 1 fully saturated rings. The van der Waals surface area contributed by atoms with Gasteiger partial charge in [0.25, 0.3) is 5.91 Å². The number of likely N-dealkylation sites (tertiary alicyclic amines) is 1. The fourth-order valence-corrected chi connectivity index (χ4v) is 5.48. The Labute approximate surface area is 204 Å². The lowest BCUT2D eigenvalue weighted by atomic mass is 9.84. The molecule has 3 aromatic rings. The predicted octanol–water partition coefficient (Wildman–Crippen LogP) is 5.20. The van der Waals surface area contributed by atoms with Gasteiger partial charge in [0.05, 0.1) is 12.7 Å². The number of nitrogens with zero attached hydrogens (tertiary/aromatic N) is 2. The van der Waals surface area contributed by atoms with Crippen molar-refractivity contribution in [2.45, 2.75) is 31.8 Å². The van der Waals surface area contributed by atoms with Gasteiger partial charge in [0.1, 0.15) is 5.82 Å². The van der Waals surface area contributed by atoms with E-state index in [1.54, 1.807) is 19.2 Å². The first-order valence-corrected chi connectivity index (χ1v) is 12.5. The molecule has 0 saturated carbocycles. The molecule has 2 aromatic carbocycles. The zero-order valence-corrected chi connectivity index (χ0v) is 20.4. The minimum Gasteiger partial charge on any atom is -0.504 e. The third kappa shape index (κ3) is 5.42. The van der Waals surface area contributed by atoms with Gasteiger partial charge in [-0.15, -0.1) is 0 Å². The van der Waals surface area contributed by atoms with E-state index in [4.69, 9.17) is 4.74 Å². The van der Waals surface area contributed by atoms with Gasteiger partial charge >= 0.3 is 0 Å². The van der Waals surface area contributed by atoms with Crippen molar-refractivity contribution in [3.05, 3.63) is 81.8 Å². The maximum atomic E-state index is 14.5. The first-order valence-electron chi connectivity index (χ1n) is 11.6. The van der Waals surface area contributed by atoms with Crippen molar-refractivity contribution in [1.29, 1.82) is 0 Å². The summed E-state index contributed by atoms with van der Waals surface area (Å²) in [6.07, 6.45) is 2.27. The number of methoxy groups -OCH3 is 1. The van der Waals surface area contributed by atoms with Gasteiger partial charge in [-0.25, -0.2) is 4.39 Å². The molecule has 4 rings (SSSR count). The highest BCUT2D eigenvalue weighted by Crippen LogP contribution is 2.33. The maximum Gasteiger partial charge on any atom is 0.254 e. The Morgan fingerprint density at radius 3 is 2.59 bits per heavy atom. The number of amides is 1. The van der Waals surface area contributed by atoms with E-state index in [0.717, 1.165) is 31.5 Å². The largest absolute Gasteiger partial charge is 0.504 e. The van der Waals surface area contributed by atoms with Crippen LogP contribution in [0.15, 0.2) is 59.3 Å². The molecule has 1 aliphatic heterocycles. The van der Waals surface area contributed by atoms with Crippen molar-refractivity contribution in [3.8, 4) is 11.5 Å². The molecule has 7 heteroatoms. The standard InChI is InChI=1S/C27H31FN2O3S/c1-29(27(32)22-12-15-34-18-22)24(16-20-6-3-4-8-23(20)28)19-10-13-30(14-11-19)17-21-7-5-9-25(33-2)26(21)31/h3-9,12,15,18-19,24,31H,10-11,13-14,16-17H2,1-2H3/t24-/m0/s1. The number of carbonyl (C=O) groups is 1. The van der Waals surface area contributed by atoms with Crippen molar-refractivity contribution in [2.75, 3.05) is 27.2 Å². The Morgan fingerprint density at radius 1 is 1.18 bits per heavy atom. The second-order valence-corrected chi connectivity index (χ2v) is 9.65. The normalized spacial score (nSPS) is 15.7. The van der Waals surface area contributed by atoms with E-state index < -0.39 is 0 Å². The molecule has 1 aliphatic rings. The highest BCUT2D eigenvalue weighted by molar-refractivity contribution is 7.08. The second kappa shape index (κ2) is 11.0. The SMILES string of the molecule is COc1cccc(CN2CCC([C@H](Cc3ccccc3F)N(C)C(=O)c3ccsc3)CC2)c1O. The predicted molar refractivity (Wildman–Crippen MR) is 133 cm³/mol. The summed E-state index contributed by atoms with van der Waals surface area (Å²) in [5.74, 6) is 0.667. The van der Waals surface area contributed by atoms with Gasteiger partial charge < -0.3 is 14.7 Å². The van der Waals surface area contributed by atoms with Gasteiger partial charge in [0.15, 0.2) is 11.5 Å². The van der Waals surface area contributed by atoms with E-state index in [9.17, 15) is 14.3 Å². The number of thiophene rings is 1. The molecular weight excluding hydrogens is 451 g/mol. The number of phenolic OH excluding ortho intramolecular Hbond substituents is 1. The minimum atomic E-state index is -0.227. The summed E-state index contributed by atoms with van der Waals surface area (Å²) in [6.45, 7) is 2.32. The summed E-state index contributed by atoms with van der Waals surface area (Å²) in [4.78, 5) is 17.3. The molecule has 34 heavy (non-hydrogen) atoms. The van der Waals surface area contributed by atoms with E-state index >= 15 is 0 Å². The minimum absolute atomic E-state index is 0.0219. The lowest BCUT2D eigenvalue weighted by Crippen LogP contribution is -2.47. The number of likely N-dealkylation sites (N-methyl/N-ethyl adjacent to an activating group) is 1. The summed E-state index contributed by atoms with van der Waals surface area (Å²) in [5, 5.41) is 14.2. The molecule has 5 nitrogen and oxygen atoms in total. The molecule has 0 aliphatic carbocycles. The second-order valence-electron chi connectivity index (χ2n) is 8.87. The van der Waals surface area contributed by atoms with E-state index in [2.05, 4.69) is 4.90 Å². The van der Waals surface area contributed by atoms with Crippen LogP contribution >= 0.6 is 11.3 Å².